The fourth-order valence-corrected chi connectivity index (χ4v) is 2.21. The summed E-state index contributed by atoms with van der Waals surface area (Å²) in [4.78, 5) is 6.49. The van der Waals surface area contributed by atoms with Crippen LogP contribution in [0.25, 0.3) is 0 Å². The van der Waals surface area contributed by atoms with E-state index >= 15 is 0 Å². The van der Waals surface area contributed by atoms with Crippen LogP contribution in [-0.4, -0.2) is 29.3 Å². The second-order valence-corrected chi connectivity index (χ2v) is 5.57. The highest BCUT2D eigenvalue weighted by atomic mass is 15.3. The van der Waals surface area contributed by atoms with Gasteiger partial charge in [-0.2, -0.15) is 10.1 Å². The molecule has 0 saturated heterocycles. The summed E-state index contributed by atoms with van der Waals surface area (Å²) < 4.78 is 0. The standard InChI is InChI=1S/C18H20N6/c1-24(2)16-10-8-15(9-11-16)21-17-13-20-23-18(22-17)19-12-14-6-4-3-5-7-14/h3-11,13H,12H2,1-2H3,(H2,19,21,22,23). The van der Waals surface area contributed by atoms with Crippen LogP contribution in [-0.2, 0) is 6.54 Å². The van der Waals surface area contributed by atoms with Crippen LogP contribution < -0.4 is 15.5 Å². The molecular formula is C18H20N6. The summed E-state index contributed by atoms with van der Waals surface area (Å²) in [6.07, 6.45) is 1.60. The Balaban J connectivity index is 1.64. The maximum absolute atomic E-state index is 4.43. The number of rotatable bonds is 6. The molecule has 0 saturated carbocycles. The Morgan fingerprint density at radius 2 is 1.71 bits per heavy atom. The van der Waals surface area contributed by atoms with Gasteiger partial charge in [0.2, 0.25) is 5.95 Å². The predicted octanol–water partition coefficient (Wildman–Crippen LogP) is 3.29. The molecule has 24 heavy (non-hydrogen) atoms. The molecule has 0 bridgehead atoms. The molecule has 3 aromatic rings. The first-order valence-corrected chi connectivity index (χ1v) is 7.72. The van der Waals surface area contributed by atoms with Crippen LogP contribution in [0.4, 0.5) is 23.1 Å². The maximum atomic E-state index is 4.43. The molecule has 6 heteroatoms. The molecule has 122 valence electrons. The van der Waals surface area contributed by atoms with Crippen LogP contribution >= 0.6 is 0 Å². The van der Waals surface area contributed by atoms with Crippen molar-refractivity contribution in [3.63, 3.8) is 0 Å². The first-order chi connectivity index (χ1) is 11.7. The number of hydrogen-bond donors (Lipinski definition) is 2. The van der Waals surface area contributed by atoms with Gasteiger partial charge in [0.05, 0.1) is 6.20 Å². The quantitative estimate of drug-likeness (QED) is 0.726. The van der Waals surface area contributed by atoms with Crippen LogP contribution in [0.5, 0.6) is 0 Å². The molecule has 0 amide bonds. The Morgan fingerprint density at radius 3 is 2.42 bits per heavy atom. The van der Waals surface area contributed by atoms with Gasteiger partial charge < -0.3 is 15.5 Å². The SMILES string of the molecule is CN(C)c1ccc(Nc2cnnc(NCc3ccccc3)n2)cc1. The maximum Gasteiger partial charge on any atom is 0.244 e. The normalized spacial score (nSPS) is 10.2. The topological polar surface area (TPSA) is 66.0 Å². The van der Waals surface area contributed by atoms with Gasteiger partial charge >= 0.3 is 0 Å². The van der Waals surface area contributed by atoms with Crippen molar-refractivity contribution in [1.82, 2.24) is 15.2 Å². The summed E-state index contributed by atoms with van der Waals surface area (Å²) in [5, 5.41) is 14.4. The summed E-state index contributed by atoms with van der Waals surface area (Å²) >= 11 is 0. The lowest BCUT2D eigenvalue weighted by Crippen LogP contribution is -2.08. The number of nitrogens with zero attached hydrogens (tertiary/aromatic N) is 4. The third-order valence-electron chi connectivity index (χ3n) is 3.51. The largest absolute Gasteiger partial charge is 0.378 e. The van der Waals surface area contributed by atoms with Gasteiger partial charge in [0.1, 0.15) is 0 Å². The Morgan fingerprint density at radius 1 is 0.958 bits per heavy atom. The van der Waals surface area contributed by atoms with Gasteiger partial charge in [-0.3, -0.25) is 0 Å². The molecule has 6 nitrogen and oxygen atoms in total. The minimum absolute atomic E-state index is 0.494. The van der Waals surface area contributed by atoms with E-state index < -0.39 is 0 Å². The van der Waals surface area contributed by atoms with E-state index in [1.807, 2.05) is 56.6 Å². The Bertz CT molecular complexity index is 771. The van der Waals surface area contributed by atoms with Crippen LogP contribution in [0.2, 0.25) is 0 Å². The lowest BCUT2D eigenvalue weighted by molar-refractivity contribution is 0.949. The van der Waals surface area contributed by atoms with Gasteiger partial charge in [0, 0.05) is 32.0 Å². The van der Waals surface area contributed by atoms with Crippen molar-refractivity contribution in [3.8, 4) is 0 Å². The Kier molecular flexibility index (Phi) is 4.86. The predicted molar refractivity (Wildman–Crippen MR) is 97.6 cm³/mol. The van der Waals surface area contributed by atoms with Gasteiger partial charge in [-0.05, 0) is 29.8 Å². The molecule has 0 aliphatic heterocycles. The van der Waals surface area contributed by atoms with E-state index in [1.165, 1.54) is 5.56 Å². The van der Waals surface area contributed by atoms with Crippen molar-refractivity contribution >= 4 is 23.1 Å². The van der Waals surface area contributed by atoms with Crippen molar-refractivity contribution in [2.75, 3.05) is 29.6 Å². The van der Waals surface area contributed by atoms with Crippen molar-refractivity contribution in [2.45, 2.75) is 6.54 Å². The first-order valence-electron chi connectivity index (χ1n) is 7.72. The monoisotopic (exact) mass is 320 g/mol. The molecule has 0 spiro atoms. The lowest BCUT2D eigenvalue weighted by Gasteiger charge is -2.13. The van der Waals surface area contributed by atoms with Crippen LogP contribution in [0.15, 0.2) is 60.8 Å². The molecule has 0 radical (unpaired) electrons. The first kappa shape index (κ1) is 15.7. The Labute approximate surface area is 141 Å². The van der Waals surface area contributed by atoms with Gasteiger partial charge in [-0.25, -0.2) is 0 Å². The molecule has 0 unspecified atom stereocenters. The van der Waals surface area contributed by atoms with E-state index in [9.17, 15) is 0 Å². The summed E-state index contributed by atoms with van der Waals surface area (Å²) in [6.45, 7) is 0.656. The number of nitrogens with one attached hydrogen (secondary N) is 2. The van der Waals surface area contributed by atoms with Crippen LogP contribution in [0, 0.1) is 0 Å². The van der Waals surface area contributed by atoms with Crippen molar-refractivity contribution in [3.05, 3.63) is 66.4 Å². The lowest BCUT2D eigenvalue weighted by atomic mass is 10.2. The number of benzene rings is 2. The minimum Gasteiger partial charge on any atom is -0.378 e. The smallest absolute Gasteiger partial charge is 0.244 e. The average Bonchev–Trinajstić information content (AvgIpc) is 2.62. The van der Waals surface area contributed by atoms with E-state index in [-0.39, 0.29) is 0 Å². The fourth-order valence-electron chi connectivity index (χ4n) is 2.21. The third kappa shape index (κ3) is 4.19. The van der Waals surface area contributed by atoms with E-state index in [0.29, 0.717) is 18.3 Å². The molecule has 2 aromatic carbocycles. The Hall–Kier alpha value is -3.15. The third-order valence-corrected chi connectivity index (χ3v) is 3.51. The molecule has 1 heterocycles. The minimum atomic E-state index is 0.494. The van der Waals surface area contributed by atoms with Gasteiger partial charge in [0.15, 0.2) is 5.82 Å². The van der Waals surface area contributed by atoms with Gasteiger partial charge in [0.25, 0.3) is 0 Å². The second kappa shape index (κ2) is 7.41. The second-order valence-electron chi connectivity index (χ2n) is 5.57. The molecule has 2 N–H and O–H groups in total. The van der Waals surface area contributed by atoms with E-state index in [1.54, 1.807) is 6.20 Å². The number of hydrogen-bond acceptors (Lipinski definition) is 6. The average molecular weight is 320 g/mol. The summed E-state index contributed by atoms with van der Waals surface area (Å²) in [5.41, 5.74) is 3.26. The van der Waals surface area contributed by atoms with Gasteiger partial charge in [-0.15, -0.1) is 5.10 Å². The highest BCUT2D eigenvalue weighted by Crippen LogP contribution is 2.19. The summed E-state index contributed by atoms with van der Waals surface area (Å²) in [7, 11) is 4.03. The highest BCUT2D eigenvalue weighted by Gasteiger charge is 2.02. The zero-order chi connectivity index (χ0) is 16.8. The number of aromatic nitrogens is 3. The van der Waals surface area contributed by atoms with Crippen molar-refractivity contribution in [2.24, 2.45) is 0 Å². The van der Waals surface area contributed by atoms with E-state index in [4.69, 9.17) is 0 Å². The molecule has 0 atom stereocenters. The zero-order valence-electron chi connectivity index (χ0n) is 13.8. The highest BCUT2D eigenvalue weighted by molar-refractivity contribution is 5.60. The molecule has 0 aliphatic rings. The summed E-state index contributed by atoms with van der Waals surface area (Å²) in [6, 6.07) is 18.2. The van der Waals surface area contributed by atoms with E-state index in [0.717, 1.165) is 11.4 Å². The molecule has 0 aliphatic carbocycles. The van der Waals surface area contributed by atoms with Crippen LogP contribution in [0.1, 0.15) is 5.56 Å². The fraction of sp³-hybridized carbons (Fsp3) is 0.167. The molecule has 1 aromatic heterocycles. The van der Waals surface area contributed by atoms with E-state index in [2.05, 4.69) is 42.8 Å². The molecule has 0 fully saturated rings. The van der Waals surface area contributed by atoms with Crippen molar-refractivity contribution < 1.29 is 0 Å². The molecular weight excluding hydrogens is 300 g/mol. The van der Waals surface area contributed by atoms with Crippen molar-refractivity contribution in [1.29, 1.82) is 0 Å². The number of anilines is 4. The molecule has 3 rings (SSSR count). The zero-order valence-corrected chi connectivity index (χ0v) is 13.8. The summed E-state index contributed by atoms with van der Waals surface area (Å²) in [5.74, 6) is 1.15. The van der Waals surface area contributed by atoms with Gasteiger partial charge in [-0.1, -0.05) is 30.3 Å². The van der Waals surface area contributed by atoms with Crippen LogP contribution in [0.3, 0.4) is 0 Å².